The fraction of sp³-hybridized carbons (Fsp3) is 0.176. The molecule has 1 N–H and O–H groups in total. The predicted molar refractivity (Wildman–Crippen MR) is 92.3 cm³/mol. The molecule has 6 heteroatoms. The minimum atomic E-state index is -0.218. The van der Waals surface area contributed by atoms with Crippen molar-refractivity contribution in [3.8, 4) is 0 Å². The zero-order valence-corrected chi connectivity index (χ0v) is 14.2. The lowest BCUT2D eigenvalue weighted by Crippen LogP contribution is -2.28. The van der Waals surface area contributed by atoms with Crippen LogP contribution in [0.1, 0.15) is 34.7 Å². The van der Waals surface area contributed by atoms with Crippen molar-refractivity contribution < 1.29 is 4.79 Å². The van der Waals surface area contributed by atoms with Gasteiger partial charge in [0.1, 0.15) is 5.69 Å². The van der Waals surface area contributed by atoms with E-state index in [9.17, 15) is 4.79 Å². The van der Waals surface area contributed by atoms with Crippen LogP contribution >= 0.6 is 23.2 Å². The Hall–Kier alpha value is -2.04. The Kier molecular flexibility index (Phi) is 4.28. The largest absolute Gasteiger partial charge is 0.344 e. The van der Waals surface area contributed by atoms with Crippen LogP contribution < -0.4 is 5.32 Å². The summed E-state index contributed by atoms with van der Waals surface area (Å²) in [4.78, 5) is 17.1. The number of fused-ring (bicyclic) bond motifs is 1. The zero-order valence-electron chi connectivity index (χ0n) is 12.7. The number of rotatable bonds is 3. The van der Waals surface area contributed by atoms with Gasteiger partial charge >= 0.3 is 0 Å². The fourth-order valence-corrected chi connectivity index (χ4v) is 3.06. The molecule has 1 unspecified atom stereocenters. The number of carbonyl (C=O) groups excluding carboxylic acids is 1. The van der Waals surface area contributed by atoms with Gasteiger partial charge in [0, 0.05) is 6.20 Å². The molecule has 4 nitrogen and oxygen atoms in total. The van der Waals surface area contributed by atoms with E-state index >= 15 is 0 Å². The summed E-state index contributed by atoms with van der Waals surface area (Å²) in [6.45, 7) is 3.71. The van der Waals surface area contributed by atoms with Gasteiger partial charge in [-0.25, -0.2) is 4.98 Å². The number of benzene rings is 1. The molecule has 3 aromatic rings. The minimum absolute atomic E-state index is 0.122. The number of carbonyl (C=O) groups is 1. The van der Waals surface area contributed by atoms with E-state index in [1.54, 1.807) is 23.6 Å². The Balaban J connectivity index is 1.97. The second kappa shape index (κ2) is 6.22. The van der Waals surface area contributed by atoms with Crippen molar-refractivity contribution in [2.45, 2.75) is 19.9 Å². The number of halogens is 2. The number of pyridine rings is 1. The van der Waals surface area contributed by atoms with Crippen molar-refractivity contribution in [3.05, 3.63) is 69.6 Å². The smallest absolute Gasteiger partial charge is 0.270 e. The van der Waals surface area contributed by atoms with Crippen LogP contribution in [-0.4, -0.2) is 15.3 Å². The van der Waals surface area contributed by atoms with Gasteiger partial charge in [0.2, 0.25) is 0 Å². The minimum Gasteiger partial charge on any atom is -0.344 e. The lowest BCUT2D eigenvalue weighted by atomic mass is 10.1. The van der Waals surface area contributed by atoms with E-state index in [1.165, 1.54) is 0 Å². The topological polar surface area (TPSA) is 46.4 Å². The summed E-state index contributed by atoms with van der Waals surface area (Å²) >= 11 is 12.2. The third-order valence-corrected chi connectivity index (χ3v) is 4.16. The molecule has 1 aromatic carbocycles. The van der Waals surface area contributed by atoms with Crippen LogP contribution in [0.15, 0.2) is 42.6 Å². The summed E-state index contributed by atoms with van der Waals surface area (Å²) in [5.74, 6) is -0.218. The molecule has 2 heterocycles. The van der Waals surface area contributed by atoms with Crippen molar-refractivity contribution in [1.29, 1.82) is 0 Å². The summed E-state index contributed by atoms with van der Waals surface area (Å²) in [5, 5.41) is 3.85. The number of nitrogens with zero attached hydrogens (tertiary/aromatic N) is 2. The maximum absolute atomic E-state index is 12.7. The number of hydrogen-bond donors (Lipinski definition) is 1. The molecule has 0 fully saturated rings. The van der Waals surface area contributed by atoms with Gasteiger partial charge < -0.3 is 5.32 Å². The molecule has 23 heavy (non-hydrogen) atoms. The van der Waals surface area contributed by atoms with Crippen LogP contribution in [0.4, 0.5) is 0 Å². The van der Waals surface area contributed by atoms with Crippen LogP contribution in [0.3, 0.4) is 0 Å². The van der Waals surface area contributed by atoms with Crippen LogP contribution in [0.5, 0.6) is 0 Å². The number of imidazole rings is 1. The molecule has 0 saturated carbocycles. The van der Waals surface area contributed by atoms with E-state index in [4.69, 9.17) is 23.2 Å². The van der Waals surface area contributed by atoms with Gasteiger partial charge in [0.05, 0.1) is 21.8 Å². The molecule has 0 aliphatic carbocycles. The first kappa shape index (κ1) is 15.8. The standard InChI is InChI=1S/C17H15Cl2N3O/c1-10(12-6-4-3-5-7-12)21-17(23)15-11(2)20-16-14(19)8-13(18)9-22(15)16/h3-10H,1-2H3,(H,21,23). The number of nitrogens with one attached hydrogen (secondary N) is 1. The molecule has 3 rings (SSSR count). The van der Waals surface area contributed by atoms with Crippen molar-refractivity contribution in [1.82, 2.24) is 14.7 Å². The molecule has 1 amide bonds. The summed E-state index contributed by atoms with van der Waals surface area (Å²) in [7, 11) is 0. The maximum Gasteiger partial charge on any atom is 0.270 e. The Labute approximate surface area is 144 Å². The van der Waals surface area contributed by atoms with Crippen molar-refractivity contribution in [3.63, 3.8) is 0 Å². The van der Waals surface area contributed by atoms with Gasteiger partial charge in [-0.3, -0.25) is 9.20 Å². The number of amides is 1. The van der Waals surface area contributed by atoms with E-state index < -0.39 is 0 Å². The second-order valence-electron chi connectivity index (χ2n) is 5.35. The highest BCUT2D eigenvalue weighted by Gasteiger charge is 2.20. The highest BCUT2D eigenvalue weighted by atomic mass is 35.5. The Morgan fingerprint density at radius 3 is 2.65 bits per heavy atom. The third-order valence-electron chi connectivity index (χ3n) is 3.68. The van der Waals surface area contributed by atoms with Crippen LogP contribution in [0.25, 0.3) is 5.65 Å². The lowest BCUT2D eigenvalue weighted by molar-refractivity contribution is 0.0933. The van der Waals surface area contributed by atoms with Gasteiger partial charge in [-0.15, -0.1) is 0 Å². The SMILES string of the molecule is Cc1nc2c(Cl)cc(Cl)cn2c1C(=O)NC(C)c1ccccc1. The van der Waals surface area contributed by atoms with Crippen LogP contribution in [-0.2, 0) is 0 Å². The summed E-state index contributed by atoms with van der Waals surface area (Å²) < 4.78 is 1.63. The normalized spacial score (nSPS) is 12.3. The zero-order chi connectivity index (χ0) is 16.6. The highest BCUT2D eigenvalue weighted by Crippen LogP contribution is 2.24. The number of aryl methyl sites for hydroxylation is 1. The average molecular weight is 348 g/mol. The summed E-state index contributed by atoms with van der Waals surface area (Å²) in [6.07, 6.45) is 1.64. The van der Waals surface area contributed by atoms with E-state index in [1.807, 2.05) is 37.3 Å². The Morgan fingerprint density at radius 2 is 1.96 bits per heavy atom. The molecule has 0 spiro atoms. The number of hydrogen-bond acceptors (Lipinski definition) is 2. The van der Waals surface area contributed by atoms with Gasteiger partial charge in [-0.05, 0) is 25.5 Å². The molecular weight excluding hydrogens is 333 g/mol. The van der Waals surface area contributed by atoms with Crippen molar-refractivity contribution in [2.24, 2.45) is 0 Å². The first-order valence-electron chi connectivity index (χ1n) is 7.17. The van der Waals surface area contributed by atoms with Gasteiger partial charge in [0.25, 0.3) is 5.91 Å². The molecule has 0 bridgehead atoms. The molecule has 0 saturated heterocycles. The molecule has 118 valence electrons. The van der Waals surface area contributed by atoms with Crippen LogP contribution in [0.2, 0.25) is 10.0 Å². The molecule has 0 aliphatic heterocycles. The Morgan fingerprint density at radius 1 is 1.26 bits per heavy atom. The summed E-state index contributed by atoms with van der Waals surface area (Å²) in [6, 6.07) is 11.3. The van der Waals surface area contributed by atoms with Gasteiger partial charge in [0.15, 0.2) is 5.65 Å². The maximum atomic E-state index is 12.7. The van der Waals surface area contributed by atoms with E-state index in [2.05, 4.69) is 10.3 Å². The van der Waals surface area contributed by atoms with Gasteiger partial charge in [-0.2, -0.15) is 0 Å². The first-order valence-corrected chi connectivity index (χ1v) is 7.92. The molecule has 2 aromatic heterocycles. The van der Waals surface area contributed by atoms with E-state index in [-0.39, 0.29) is 11.9 Å². The summed E-state index contributed by atoms with van der Waals surface area (Å²) in [5.41, 5.74) is 2.59. The lowest BCUT2D eigenvalue weighted by Gasteiger charge is -2.14. The van der Waals surface area contributed by atoms with Crippen LogP contribution in [0, 0.1) is 6.92 Å². The van der Waals surface area contributed by atoms with E-state index in [0.717, 1.165) is 5.56 Å². The molecule has 0 radical (unpaired) electrons. The monoisotopic (exact) mass is 347 g/mol. The molecule has 0 aliphatic rings. The average Bonchev–Trinajstić information content (AvgIpc) is 2.84. The predicted octanol–water partition coefficient (Wildman–Crippen LogP) is 4.44. The highest BCUT2D eigenvalue weighted by molar-refractivity contribution is 6.36. The Bertz CT molecular complexity index is 874. The first-order chi connectivity index (χ1) is 11.0. The second-order valence-corrected chi connectivity index (χ2v) is 6.20. The number of aromatic nitrogens is 2. The van der Waals surface area contributed by atoms with E-state index in [0.29, 0.717) is 27.1 Å². The van der Waals surface area contributed by atoms with Crippen molar-refractivity contribution >= 4 is 34.8 Å². The fourth-order valence-electron chi connectivity index (χ4n) is 2.55. The third kappa shape index (κ3) is 3.05. The molecule has 1 atom stereocenters. The molecular formula is C17H15Cl2N3O. The van der Waals surface area contributed by atoms with Crippen molar-refractivity contribution in [2.75, 3.05) is 0 Å². The quantitative estimate of drug-likeness (QED) is 0.761. The van der Waals surface area contributed by atoms with Gasteiger partial charge in [-0.1, -0.05) is 53.5 Å².